The Kier molecular flexibility index (Phi) is 7.69. The number of carbonyl (C=O) groups excluding carboxylic acids is 1. The summed E-state index contributed by atoms with van der Waals surface area (Å²) in [6, 6.07) is 8.52. The molecule has 0 bridgehead atoms. The summed E-state index contributed by atoms with van der Waals surface area (Å²) in [6.45, 7) is 8.80. The fraction of sp³-hybridized carbons (Fsp3) is 0.619. The molecule has 0 saturated carbocycles. The van der Waals surface area contributed by atoms with Gasteiger partial charge in [-0.25, -0.2) is 4.79 Å². The summed E-state index contributed by atoms with van der Waals surface area (Å²) in [4.78, 5) is 20.8. The summed E-state index contributed by atoms with van der Waals surface area (Å²) in [7, 11) is 5.94. The molecule has 1 heterocycles. The standard InChI is InChI=1S/C21H35N5O2/c1-21(2,3)28-20(27)24-18-11-12-26(15-18)19(22-4)23-13-16-9-7-8-10-17(16)14-25(5)6/h7-10,18H,11-15H2,1-6H3,(H,22,23)(H,24,27). The zero-order valence-corrected chi connectivity index (χ0v) is 18.1. The van der Waals surface area contributed by atoms with E-state index in [2.05, 4.69) is 63.8 Å². The van der Waals surface area contributed by atoms with Crippen molar-refractivity contribution in [3.05, 3.63) is 35.4 Å². The van der Waals surface area contributed by atoms with Crippen LogP contribution in [-0.2, 0) is 17.8 Å². The first kappa shape index (κ1) is 22.0. The number of aliphatic imine (C=N–C) groups is 1. The second-order valence-corrected chi connectivity index (χ2v) is 8.49. The maximum Gasteiger partial charge on any atom is 0.407 e. The lowest BCUT2D eigenvalue weighted by Crippen LogP contribution is -2.44. The highest BCUT2D eigenvalue weighted by Crippen LogP contribution is 2.14. The summed E-state index contributed by atoms with van der Waals surface area (Å²) >= 11 is 0. The highest BCUT2D eigenvalue weighted by atomic mass is 16.6. The minimum absolute atomic E-state index is 0.0643. The molecular weight excluding hydrogens is 354 g/mol. The molecular formula is C21H35N5O2. The zero-order chi connectivity index (χ0) is 20.7. The third-order valence-electron chi connectivity index (χ3n) is 4.46. The topological polar surface area (TPSA) is 69.2 Å². The first-order valence-corrected chi connectivity index (χ1v) is 9.84. The predicted molar refractivity (Wildman–Crippen MR) is 113 cm³/mol. The van der Waals surface area contributed by atoms with E-state index in [9.17, 15) is 4.79 Å². The molecule has 0 radical (unpaired) electrons. The Balaban J connectivity index is 1.89. The molecule has 0 aromatic heterocycles. The van der Waals surface area contributed by atoms with Crippen molar-refractivity contribution in [2.45, 2.75) is 51.9 Å². The van der Waals surface area contributed by atoms with E-state index in [-0.39, 0.29) is 12.1 Å². The van der Waals surface area contributed by atoms with Gasteiger partial charge in [-0.2, -0.15) is 0 Å². The zero-order valence-electron chi connectivity index (χ0n) is 18.1. The first-order chi connectivity index (χ1) is 13.2. The van der Waals surface area contributed by atoms with E-state index in [1.807, 2.05) is 20.8 Å². The molecule has 0 spiro atoms. The maximum absolute atomic E-state index is 12.0. The highest BCUT2D eigenvalue weighted by molar-refractivity contribution is 5.80. The summed E-state index contributed by atoms with van der Waals surface area (Å²) in [5.74, 6) is 0.855. The second-order valence-electron chi connectivity index (χ2n) is 8.49. The van der Waals surface area contributed by atoms with Gasteiger partial charge >= 0.3 is 6.09 Å². The number of guanidine groups is 1. The molecule has 1 aliphatic rings. The Labute approximate surface area is 169 Å². The van der Waals surface area contributed by atoms with E-state index in [4.69, 9.17) is 4.74 Å². The van der Waals surface area contributed by atoms with Crippen LogP contribution in [0.25, 0.3) is 0 Å². The Bertz CT molecular complexity index is 682. The van der Waals surface area contributed by atoms with Crippen molar-refractivity contribution < 1.29 is 9.53 Å². The number of benzene rings is 1. The van der Waals surface area contributed by atoms with Crippen LogP contribution in [0.5, 0.6) is 0 Å². The third kappa shape index (κ3) is 7.03. The number of nitrogens with zero attached hydrogens (tertiary/aromatic N) is 3. The van der Waals surface area contributed by atoms with Gasteiger partial charge in [0.15, 0.2) is 5.96 Å². The van der Waals surface area contributed by atoms with Crippen molar-refractivity contribution in [3.8, 4) is 0 Å². The van der Waals surface area contributed by atoms with Gasteiger partial charge in [0.25, 0.3) is 0 Å². The van der Waals surface area contributed by atoms with Crippen molar-refractivity contribution in [2.24, 2.45) is 4.99 Å². The predicted octanol–water partition coefficient (Wildman–Crippen LogP) is 2.42. The Morgan fingerprint density at radius 2 is 1.96 bits per heavy atom. The van der Waals surface area contributed by atoms with Crippen LogP contribution in [0, 0.1) is 0 Å². The number of nitrogens with one attached hydrogen (secondary N) is 2. The summed E-state index contributed by atoms with van der Waals surface area (Å²) in [5, 5.41) is 6.42. The van der Waals surface area contributed by atoms with Gasteiger partial charge in [0.05, 0.1) is 6.04 Å². The number of likely N-dealkylation sites (tertiary alicyclic amines) is 1. The fourth-order valence-corrected chi connectivity index (χ4v) is 3.28. The molecule has 0 aliphatic carbocycles. The Morgan fingerprint density at radius 1 is 1.29 bits per heavy atom. The number of rotatable bonds is 5. The number of hydrogen-bond donors (Lipinski definition) is 2. The normalized spacial score (nSPS) is 17.8. The average molecular weight is 390 g/mol. The van der Waals surface area contributed by atoms with Gasteiger partial charge in [0, 0.05) is 33.2 Å². The molecule has 1 amide bonds. The number of alkyl carbamates (subject to hydrolysis) is 1. The lowest BCUT2D eigenvalue weighted by molar-refractivity contribution is 0.0507. The van der Waals surface area contributed by atoms with Crippen molar-refractivity contribution in [2.75, 3.05) is 34.2 Å². The van der Waals surface area contributed by atoms with E-state index in [1.54, 1.807) is 7.05 Å². The van der Waals surface area contributed by atoms with E-state index < -0.39 is 5.60 Å². The minimum Gasteiger partial charge on any atom is -0.444 e. The molecule has 156 valence electrons. The largest absolute Gasteiger partial charge is 0.444 e. The fourth-order valence-electron chi connectivity index (χ4n) is 3.28. The van der Waals surface area contributed by atoms with E-state index in [1.165, 1.54) is 11.1 Å². The van der Waals surface area contributed by atoms with Crippen LogP contribution < -0.4 is 10.6 Å². The molecule has 1 aliphatic heterocycles. The number of hydrogen-bond acceptors (Lipinski definition) is 4. The van der Waals surface area contributed by atoms with E-state index in [0.717, 1.165) is 38.6 Å². The quantitative estimate of drug-likeness (QED) is 0.598. The average Bonchev–Trinajstić information content (AvgIpc) is 3.02. The van der Waals surface area contributed by atoms with E-state index in [0.29, 0.717) is 0 Å². The van der Waals surface area contributed by atoms with Crippen LogP contribution >= 0.6 is 0 Å². The van der Waals surface area contributed by atoms with Crippen molar-refractivity contribution in [1.29, 1.82) is 0 Å². The summed E-state index contributed by atoms with van der Waals surface area (Å²) < 4.78 is 5.35. The molecule has 1 aromatic rings. The van der Waals surface area contributed by atoms with E-state index >= 15 is 0 Å². The monoisotopic (exact) mass is 389 g/mol. The third-order valence-corrected chi connectivity index (χ3v) is 4.46. The minimum atomic E-state index is -0.486. The molecule has 1 saturated heterocycles. The second kappa shape index (κ2) is 9.78. The molecule has 28 heavy (non-hydrogen) atoms. The van der Waals surface area contributed by atoms with Crippen LogP contribution in [0.3, 0.4) is 0 Å². The van der Waals surface area contributed by atoms with Gasteiger partial charge in [-0.3, -0.25) is 4.99 Å². The van der Waals surface area contributed by atoms with Crippen molar-refractivity contribution in [1.82, 2.24) is 20.4 Å². The van der Waals surface area contributed by atoms with Gasteiger partial charge < -0.3 is 25.2 Å². The molecule has 1 fully saturated rings. The number of ether oxygens (including phenoxy) is 1. The van der Waals surface area contributed by atoms with Gasteiger partial charge in [-0.05, 0) is 52.4 Å². The van der Waals surface area contributed by atoms with Gasteiger partial charge in [-0.1, -0.05) is 24.3 Å². The molecule has 2 rings (SSSR count). The lowest BCUT2D eigenvalue weighted by Gasteiger charge is -2.24. The van der Waals surface area contributed by atoms with Gasteiger partial charge in [0.2, 0.25) is 0 Å². The summed E-state index contributed by atoms with van der Waals surface area (Å²) in [6.07, 6.45) is 0.511. The number of carbonyl (C=O) groups is 1. The van der Waals surface area contributed by atoms with Crippen LogP contribution in [-0.4, -0.2) is 67.7 Å². The van der Waals surface area contributed by atoms with Crippen LogP contribution in [0.4, 0.5) is 4.79 Å². The SMILES string of the molecule is CN=C(NCc1ccccc1CN(C)C)N1CCC(NC(=O)OC(C)(C)C)C1. The Hall–Kier alpha value is -2.28. The maximum atomic E-state index is 12.0. The molecule has 2 N–H and O–H groups in total. The molecule has 7 heteroatoms. The molecule has 1 unspecified atom stereocenters. The van der Waals surface area contributed by atoms with Gasteiger partial charge in [-0.15, -0.1) is 0 Å². The molecule has 1 aromatic carbocycles. The number of amides is 1. The highest BCUT2D eigenvalue weighted by Gasteiger charge is 2.27. The summed E-state index contributed by atoms with van der Waals surface area (Å²) in [5.41, 5.74) is 2.08. The molecule has 7 nitrogen and oxygen atoms in total. The van der Waals surface area contributed by atoms with Crippen molar-refractivity contribution >= 4 is 12.1 Å². The van der Waals surface area contributed by atoms with Crippen molar-refractivity contribution in [3.63, 3.8) is 0 Å². The van der Waals surface area contributed by atoms with Gasteiger partial charge in [0.1, 0.15) is 5.60 Å². The van der Waals surface area contributed by atoms with Crippen LogP contribution in [0.1, 0.15) is 38.3 Å². The first-order valence-electron chi connectivity index (χ1n) is 9.84. The van der Waals surface area contributed by atoms with Crippen LogP contribution in [0.2, 0.25) is 0 Å². The van der Waals surface area contributed by atoms with Crippen LogP contribution in [0.15, 0.2) is 29.3 Å². The Morgan fingerprint density at radius 3 is 2.57 bits per heavy atom. The molecule has 1 atom stereocenters. The smallest absolute Gasteiger partial charge is 0.407 e. The lowest BCUT2D eigenvalue weighted by atomic mass is 10.1.